The zero-order chi connectivity index (χ0) is 9.84. The fraction of sp³-hybridized carbons (Fsp3) is 1.00. The van der Waals surface area contributed by atoms with Gasteiger partial charge in [0.25, 0.3) is 0 Å². The van der Waals surface area contributed by atoms with Crippen LogP contribution >= 0.6 is 0 Å². The third-order valence-corrected chi connectivity index (χ3v) is 3.03. The summed E-state index contributed by atoms with van der Waals surface area (Å²) in [7, 11) is 0. The van der Waals surface area contributed by atoms with E-state index in [4.69, 9.17) is 21.7 Å². The van der Waals surface area contributed by atoms with Crippen molar-refractivity contribution in [3.63, 3.8) is 0 Å². The van der Waals surface area contributed by atoms with Crippen LogP contribution in [0.25, 0.3) is 0 Å². The molecule has 1 saturated carbocycles. The molecule has 0 bridgehead atoms. The molecule has 0 aromatic carbocycles. The molecular weight excluding hydrogens is 168 g/mol. The van der Waals surface area contributed by atoms with Crippen molar-refractivity contribution in [1.82, 2.24) is 0 Å². The van der Waals surface area contributed by atoms with Crippen molar-refractivity contribution in [2.75, 3.05) is 13.1 Å². The average molecular weight is 188 g/mol. The Labute approximate surface area is 78.9 Å². The molecule has 0 heterocycles. The molecule has 0 amide bonds. The van der Waals surface area contributed by atoms with Crippen LogP contribution < -0.4 is 11.5 Å². The Bertz CT molecular complexity index is 141. The third-order valence-electron chi connectivity index (χ3n) is 3.03. The standard InChI is InChI=1S/C9H20N2O2/c10-4-6-1-7(5-11)3-8(2-6)9(12)13/h6-9,12-13H,1-5,10-11H2. The molecule has 0 aliphatic heterocycles. The molecule has 1 aliphatic carbocycles. The van der Waals surface area contributed by atoms with Crippen LogP contribution in [-0.4, -0.2) is 29.6 Å². The Morgan fingerprint density at radius 1 is 1.00 bits per heavy atom. The predicted molar refractivity (Wildman–Crippen MR) is 50.7 cm³/mol. The molecular formula is C9H20N2O2. The highest BCUT2D eigenvalue weighted by atomic mass is 16.5. The van der Waals surface area contributed by atoms with Crippen molar-refractivity contribution < 1.29 is 10.2 Å². The summed E-state index contributed by atoms with van der Waals surface area (Å²) in [5, 5.41) is 18.2. The fourth-order valence-corrected chi connectivity index (χ4v) is 2.24. The second-order valence-corrected chi connectivity index (χ2v) is 4.08. The molecule has 0 aromatic rings. The number of rotatable bonds is 3. The Morgan fingerprint density at radius 2 is 1.46 bits per heavy atom. The van der Waals surface area contributed by atoms with Crippen LogP contribution in [0.15, 0.2) is 0 Å². The van der Waals surface area contributed by atoms with E-state index in [1.165, 1.54) is 0 Å². The number of aliphatic hydroxyl groups excluding tert-OH is 1. The summed E-state index contributed by atoms with van der Waals surface area (Å²) in [4.78, 5) is 0. The summed E-state index contributed by atoms with van der Waals surface area (Å²) in [6.07, 6.45) is 1.48. The van der Waals surface area contributed by atoms with Gasteiger partial charge in [-0.05, 0) is 44.2 Å². The topological polar surface area (TPSA) is 92.5 Å². The SMILES string of the molecule is NCC1CC(CN)CC(C(O)O)C1. The molecule has 4 heteroatoms. The minimum absolute atomic E-state index is 0.0316. The molecule has 0 radical (unpaired) electrons. The van der Waals surface area contributed by atoms with Crippen molar-refractivity contribution in [2.24, 2.45) is 29.2 Å². The van der Waals surface area contributed by atoms with E-state index in [1.807, 2.05) is 0 Å². The highest BCUT2D eigenvalue weighted by Crippen LogP contribution is 2.33. The second-order valence-electron chi connectivity index (χ2n) is 4.08. The molecule has 1 rings (SSSR count). The minimum atomic E-state index is -1.21. The molecule has 4 nitrogen and oxygen atoms in total. The highest BCUT2D eigenvalue weighted by molar-refractivity contribution is 4.80. The summed E-state index contributed by atoms with van der Waals surface area (Å²) in [6.45, 7) is 1.25. The van der Waals surface area contributed by atoms with Gasteiger partial charge in [-0.2, -0.15) is 0 Å². The number of aliphatic hydroxyl groups is 2. The van der Waals surface area contributed by atoms with Gasteiger partial charge in [-0.1, -0.05) is 0 Å². The number of nitrogens with two attached hydrogens (primary N) is 2. The molecule has 13 heavy (non-hydrogen) atoms. The smallest absolute Gasteiger partial charge is 0.154 e. The monoisotopic (exact) mass is 188 g/mol. The normalized spacial score (nSPS) is 35.3. The Morgan fingerprint density at radius 3 is 1.77 bits per heavy atom. The highest BCUT2D eigenvalue weighted by Gasteiger charge is 2.30. The zero-order valence-corrected chi connectivity index (χ0v) is 7.89. The van der Waals surface area contributed by atoms with Crippen LogP contribution in [0.1, 0.15) is 19.3 Å². The maximum Gasteiger partial charge on any atom is 0.154 e. The average Bonchev–Trinajstić information content (AvgIpc) is 2.16. The van der Waals surface area contributed by atoms with Crippen molar-refractivity contribution in [1.29, 1.82) is 0 Å². The maximum atomic E-state index is 9.08. The van der Waals surface area contributed by atoms with Gasteiger partial charge in [-0.3, -0.25) is 0 Å². The predicted octanol–water partition coefficient (Wildman–Crippen LogP) is -0.753. The molecule has 0 spiro atoms. The summed E-state index contributed by atoms with van der Waals surface area (Å²) in [6, 6.07) is 0. The summed E-state index contributed by atoms with van der Waals surface area (Å²) in [5.41, 5.74) is 11.2. The molecule has 2 atom stereocenters. The lowest BCUT2D eigenvalue weighted by molar-refractivity contribution is -0.103. The van der Waals surface area contributed by atoms with Crippen molar-refractivity contribution in [3.05, 3.63) is 0 Å². The molecule has 0 saturated heterocycles. The van der Waals surface area contributed by atoms with E-state index < -0.39 is 6.29 Å². The van der Waals surface area contributed by atoms with E-state index >= 15 is 0 Å². The molecule has 0 aromatic heterocycles. The van der Waals surface area contributed by atoms with Crippen LogP contribution in [0.3, 0.4) is 0 Å². The van der Waals surface area contributed by atoms with Gasteiger partial charge in [0.2, 0.25) is 0 Å². The van der Waals surface area contributed by atoms with Gasteiger partial charge < -0.3 is 21.7 Å². The Kier molecular flexibility index (Phi) is 4.12. The first kappa shape index (κ1) is 10.9. The first-order chi connectivity index (χ1) is 6.17. The first-order valence-electron chi connectivity index (χ1n) is 4.93. The van der Waals surface area contributed by atoms with Gasteiger partial charge in [-0.25, -0.2) is 0 Å². The van der Waals surface area contributed by atoms with Gasteiger partial charge >= 0.3 is 0 Å². The number of hydrogen-bond acceptors (Lipinski definition) is 4. The van der Waals surface area contributed by atoms with E-state index in [2.05, 4.69) is 0 Å². The van der Waals surface area contributed by atoms with Crippen molar-refractivity contribution in [2.45, 2.75) is 25.6 Å². The lowest BCUT2D eigenvalue weighted by atomic mass is 9.75. The Hall–Kier alpha value is -0.160. The van der Waals surface area contributed by atoms with E-state index in [9.17, 15) is 0 Å². The van der Waals surface area contributed by atoms with Gasteiger partial charge in [0.05, 0.1) is 0 Å². The van der Waals surface area contributed by atoms with Crippen molar-refractivity contribution >= 4 is 0 Å². The van der Waals surface area contributed by atoms with Gasteiger partial charge in [0, 0.05) is 5.92 Å². The van der Waals surface area contributed by atoms with Crippen molar-refractivity contribution in [3.8, 4) is 0 Å². The van der Waals surface area contributed by atoms with Crippen LogP contribution in [-0.2, 0) is 0 Å². The minimum Gasteiger partial charge on any atom is -0.368 e. The second kappa shape index (κ2) is 4.91. The van der Waals surface area contributed by atoms with Gasteiger partial charge in [0.1, 0.15) is 0 Å². The van der Waals surface area contributed by atoms with E-state index in [0.29, 0.717) is 24.9 Å². The third kappa shape index (κ3) is 2.91. The largest absolute Gasteiger partial charge is 0.368 e. The van der Waals surface area contributed by atoms with E-state index in [1.54, 1.807) is 0 Å². The zero-order valence-electron chi connectivity index (χ0n) is 7.89. The van der Waals surface area contributed by atoms with E-state index in [0.717, 1.165) is 19.3 Å². The number of hydrogen-bond donors (Lipinski definition) is 4. The quantitative estimate of drug-likeness (QED) is 0.438. The summed E-state index contributed by atoms with van der Waals surface area (Å²) in [5.74, 6) is 0.791. The van der Waals surface area contributed by atoms with E-state index in [-0.39, 0.29) is 5.92 Å². The maximum absolute atomic E-state index is 9.08. The fourth-order valence-electron chi connectivity index (χ4n) is 2.24. The van der Waals surface area contributed by atoms with Gasteiger partial charge in [0.15, 0.2) is 6.29 Å². The lowest BCUT2D eigenvalue weighted by Gasteiger charge is -2.34. The summed E-state index contributed by atoms with van der Waals surface area (Å²) >= 11 is 0. The molecule has 2 unspecified atom stereocenters. The summed E-state index contributed by atoms with van der Waals surface area (Å²) < 4.78 is 0. The van der Waals surface area contributed by atoms with Crippen LogP contribution in [0.4, 0.5) is 0 Å². The molecule has 1 fully saturated rings. The molecule has 6 N–H and O–H groups in total. The van der Waals surface area contributed by atoms with Crippen LogP contribution in [0, 0.1) is 17.8 Å². The lowest BCUT2D eigenvalue weighted by Crippen LogP contribution is -2.36. The Balaban J connectivity index is 2.49. The van der Waals surface area contributed by atoms with Crippen LogP contribution in [0.5, 0.6) is 0 Å². The first-order valence-corrected chi connectivity index (χ1v) is 4.93. The van der Waals surface area contributed by atoms with Gasteiger partial charge in [-0.15, -0.1) is 0 Å². The molecule has 1 aliphatic rings. The molecule has 78 valence electrons. The van der Waals surface area contributed by atoms with Crippen LogP contribution in [0.2, 0.25) is 0 Å².